The molecule has 0 radical (unpaired) electrons. The summed E-state index contributed by atoms with van der Waals surface area (Å²) in [6.45, 7) is 13.2. The van der Waals surface area contributed by atoms with Crippen LogP contribution in [0.1, 0.15) is 46.1 Å². The summed E-state index contributed by atoms with van der Waals surface area (Å²) in [6.07, 6.45) is 3.74. The molecular formula is C21H35NO2. The number of piperidine rings is 1. The molecule has 0 spiro atoms. The molecule has 1 aromatic carbocycles. The zero-order valence-corrected chi connectivity index (χ0v) is 16.2. The summed E-state index contributed by atoms with van der Waals surface area (Å²) in [5, 5.41) is 0. The molecule has 0 saturated carbocycles. The summed E-state index contributed by atoms with van der Waals surface area (Å²) in [6, 6.07) is 9.09. The molecule has 136 valence electrons. The average Bonchev–Trinajstić information content (AvgIpc) is 2.55. The maximum absolute atomic E-state index is 5.73. The Morgan fingerprint density at radius 1 is 1.17 bits per heavy atom. The molecule has 0 bridgehead atoms. The van der Waals surface area contributed by atoms with Gasteiger partial charge in [0.25, 0.3) is 0 Å². The Kier molecular flexibility index (Phi) is 7.12. The van der Waals surface area contributed by atoms with E-state index in [1.807, 2.05) is 6.07 Å². The molecule has 24 heavy (non-hydrogen) atoms. The van der Waals surface area contributed by atoms with E-state index < -0.39 is 0 Å². The standard InChI is InChI=1S/C21H35NO2/c1-17(22-11-9-19(10-12-22)21(2,3)4)15-18-7-6-8-20(16-18)24-14-13-23-5/h6-8,16-17,19H,9-15H2,1-5H3. The van der Waals surface area contributed by atoms with Crippen LogP contribution in [0.15, 0.2) is 24.3 Å². The Morgan fingerprint density at radius 3 is 2.50 bits per heavy atom. The summed E-state index contributed by atoms with van der Waals surface area (Å²) in [7, 11) is 1.70. The second kappa shape index (κ2) is 8.87. The lowest BCUT2D eigenvalue weighted by atomic mass is 9.75. The Hall–Kier alpha value is -1.06. The summed E-state index contributed by atoms with van der Waals surface area (Å²) in [4.78, 5) is 2.65. The highest BCUT2D eigenvalue weighted by Gasteiger charge is 2.30. The fraction of sp³-hybridized carbons (Fsp3) is 0.714. The van der Waals surface area contributed by atoms with Crippen molar-refractivity contribution in [3.8, 4) is 5.75 Å². The second-order valence-electron chi connectivity index (χ2n) is 8.22. The number of hydrogen-bond acceptors (Lipinski definition) is 3. The molecule has 0 N–H and O–H groups in total. The van der Waals surface area contributed by atoms with Crippen LogP contribution in [0, 0.1) is 11.3 Å². The van der Waals surface area contributed by atoms with Crippen molar-refractivity contribution in [3.63, 3.8) is 0 Å². The van der Waals surface area contributed by atoms with Crippen molar-refractivity contribution in [1.82, 2.24) is 4.90 Å². The van der Waals surface area contributed by atoms with Crippen LogP contribution < -0.4 is 4.74 Å². The van der Waals surface area contributed by atoms with E-state index in [0.29, 0.717) is 24.7 Å². The molecule has 1 aromatic rings. The number of hydrogen-bond donors (Lipinski definition) is 0. The highest BCUT2D eigenvalue weighted by Crippen LogP contribution is 2.34. The maximum Gasteiger partial charge on any atom is 0.119 e. The van der Waals surface area contributed by atoms with E-state index in [9.17, 15) is 0 Å². The van der Waals surface area contributed by atoms with E-state index in [2.05, 4.69) is 50.8 Å². The van der Waals surface area contributed by atoms with Gasteiger partial charge in [0.15, 0.2) is 0 Å². The summed E-state index contributed by atoms with van der Waals surface area (Å²) < 4.78 is 10.8. The van der Waals surface area contributed by atoms with Gasteiger partial charge in [0, 0.05) is 13.2 Å². The molecule has 1 fully saturated rings. The van der Waals surface area contributed by atoms with Crippen LogP contribution in [-0.2, 0) is 11.2 Å². The van der Waals surface area contributed by atoms with E-state index in [1.54, 1.807) is 7.11 Å². The third-order valence-corrected chi connectivity index (χ3v) is 5.36. The zero-order chi connectivity index (χ0) is 17.6. The van der Waals surface area contributed by atoms with E-state index in [1.165, 1.54) is 31.5 Å². The van der Waals surface area contributed by atoms with Gasteiger partial charge in [-0.15, -0.1) is 0 Å². The first-order valence-electron chi connectivity index (χ1n) is 9.35. The van der Waals surface area contributed by atoms with Crippen molar-refractivity contribution in [3.05, 3.63) is 29.8 Å². The number of likely N-dealkylation sites (tertiary alicyclic amines) is 1. The third kappa shape index (κ3) is 5.78. The minimum absolute atomic E-state index is 0.448. The molecule has 1 unspecified atom stereocenters. The first kappa shape index (κ1) is 19.3. The molecule has 1 heterocycles. The average molecular weight is 334 g/mol. The highest BCUT2D eigenvalue weighted by molar-refractivity contribution is 5.29. The third-order valence-electron chi connectivity index (χ3n) is 5.36. The summed E-state index contributed by atoms with van der Waals surface area (Å²) in [5.74, 6) is 1.81. The van der Waals surface area contributed by atoms with E-state index >= 15 is 0 Å². The first-order chi connectivity index (χ1) is 11.4. The summed E-state index contributed by atoms with van der Waals surface area (Å²) >= 11 is 0. The van der Waals surface area contributed by atoms with Gasteiger partial charge in [-0.3, -0.25) is 0 Å². The monoisotopic (exact) mass is 333 g/mol. The smallest absolute Gasteiger partial charge is 0.119 e. The Labute approximate surface area is 148 Å². The van der Waals surface area contributed by atoms with E-state index in [0.717, 1.165) is 18.1 Å². The molecule has 0 amide bonds. The van der Waals surface area contributed by atoms with Crippen LogP contribution in [0.3, 0.4) is 0 Å². The SMILES string of the molecule is COCCOc1cccc(CC(C)N2CCC(C(C)(C)C)CC2)c1. The number of ether oxygens (including phenoxy) is 2. The van der Waals surface area contributed by atoms with Crippen molar-refractivity contribution in [2.45, 2.75) is 53.0 Å². The second-order valence-corrected chi connectivity index (χ2v) is 8.22. The first-order valence-corrected chi connectivity index (χ1v) is 9.35. The fourth-order valence-electron chi connectivity index (χ4n) is 3.68. The van der Waals surface area contributed by atoms with Gasteiger partial charge in [-0.1, -0.05) is 32.9 Å². The van der Waals surface area contributed by atoms with Gasteiger partial charge in [-0.25, -0.2) is 0 Å². The molecule has 1 atom stereocenters. The largest absolute Gasteiger partial charge is 0.491 e. The van der Waals surface area contributed by atoms with Crippen molar-refractivity contribution in [2.75, 3.05) is 33.4 Å². The summed E-state index contributed by atoms with van der Waals surface area (Å²) in [5.41, 5.74) is 1.80. The molecule has 1 aliphatic heterocycles. The Balaban J connectivity index is 1.84. The van der Waals surface area contributed by atoms with Crippen molar-refractivity contribution in [1.29, 1.82) is 0 Å². The zero-order valence-electron chi connectivity index (χ0n) is 16.2. The van der Waals surface area contributed by atoms with Crippen molar-refractivity contribution in [2.24, 2.45) is 11.3 Å². The Bertz CT molecular complexity index is 487. The van der Waals surface area contributed by atoms with Gasteiger partial charge in [0.05, 0.1) is 6.61 Å². The van der Waals surface area contributed by atoms with Gasteiger partial charge in [-0.2, -0.15) is 0 Å². The molecule has 0 aliphatic carbocycles. The molecule has 0 aromatic heterocycles. The molecular weight excluding hydrogens is 298 g/mol. The molecule has 3 nitrogen and oxygen atoms in total. The van der Waals surface area contributed by atoms with E-state index in [-0.39, 0.29) is 0 Å². The predicted octanol–water partition coefficient (Wildman–Crippen LogP) is 4.40. The van der Waals surface area contributed by atoms with Crippen LogP contribution in [-0.4, -0.2) is 44.4 Å². The number of nitrogens with zero attached hydrogens (tertiary/aromatic N) is 1. The maximum atomic E-state index is 5.73. The van der Waals surface area contributed by atoms with Crippen LogP contribution in [0.2, 0.25) is 0 Å². The van der Waals surface area contributed by atoms with Crippen molar-refractivity contribution >= 4 is 0 Å². The van der Waals surface area contributed by atoms with Crippen LogP contribution >= 0.6 is 0 Å². The van der Waals surface area contributed by atoms with Crippen LogP contribution in [0.25, 0.3) is 0 Å². The lowest BCUT2D eigenvalue weighted by molar-refractivity contribution is 0.0877. The number of methoxy groups -OCH3 is 1. The number of benzene rings is 1. The fourth-order valence-corrected chi connectivity index (χ4v) is 3.68. The topological polar surface area (TPSA) is 21.7 Å². The minimum Gasteiger partial charge on any atom is -0.491 e. The quantitative estimate of drug-likeness (QED) is 0.690. The van der Waals surface area contributed by atoms with Crippen molar-refractivity contribution < 1.29 is 9.47 Å². The Morgan fingerprint density at radius 2 is 1.88 bits per heavy atom. The predicted molar refractivity (Wildman–Crippen MR) is 101 cm³/mol. The van der Waals surface area contributed by atoms with Gasteiger partial charge in [0.2, 0.25) is 0 Å². The minimum atomic E-state index is 0.448. The lowest BCUT2D eigenvalue weighted by Gasteiger charge is -2.41. The molecule has 3 heteroatoms. The van der Waals surface area contributed by atoms with Gasteiger partial charge in [0.1, 0.15) is 12.4 Å². The normalized spacial score (nSPS) is 18.5. The van der Waals surface area contributed by atoms with E-state index in [4.69, 9.17) is 9.47 Å². The van der Waals surface area contributed by atoms with Gasteiger partial charge < -0.3 is 14.4 Å². The van der Waals surface area contributed by atoms with Crippen LogP contribution in [0.5, 0.6) is 5.75 Å². The van der Waals surface area contributed by atoms with Gasteiger partial charge in [-0.05, 0) is 68.3 Å². The molecule has 2 rings (SSSR count). The molecule has 1 saturated heterocycles. The number of rotatable bonds is 7. The molecule has 1 aliphatic rings. The highest BCUT2D eigenvalue weighted by atomic mass is 16.5. The van der Waals surface area contributed by atoms with Crippen LogP contribution in [0.4, 0.5) is 0 Å². The van der Waals surface area contributed by atoms with Gasteiger partial charge >= 0.3 is 0 Å². The lowest BCUT2D eigenvalue weighted by Crippen LogP contribution is -2.43.